The van der Waals surface area contributed by atoms with Gasteiger partial charge in [0.05, 0.1) is 0 Å². The molecule has 0 aromatic heterocycles. The molecule has 112 valence electrons. The molecule has 2 rings (SSSR count). The molecule has 1 unspecified atom stereocenters. The van der Waals surface area contributed by atoms with Gasteiger partial charge in [-0.1, -0.05) is 43.8 Å². The van der Waals surface area contributed by atoms with Gasteiger partial charge in [0.25, 0.3) is 0 Å². The van der Waals surface area contributed by atoms with E-state index in [1.165, 1.54) is 17.3 Å². The van der Waals surface area contributed by atoms with Crippen molar-refractivity contribution in [1.29, 1.82) is 0 Å². The van der Waals surface area contributed by atoms with Crippen molar-refractivity contribution in [3.8, 4) is 0 Å². The normalized spacial score (nSPS) is 12.7. The Kier molecular flexibility index (Phi) is 5.43. The highest BCUT2D eigenvalue weighted by Gasteiger charge is 2.09. The van der Waals surface area contributed by atoms with Gasteiger partial charge in [0, 0.05) is 15.8 Å². The van der Waals surface area contributed by atoms with Crippen LogP contribution in [-0.4, -0.2) is 7.05 Å². The van der Waals surface area contributed by atoms with E-state index in [1.54, 1.807) is 6.07 Å². The summed E-state index contributed by atoms with van der Waals surface area (Å²) < 4.78 is 14.2. The molecule has 0 aliphatic heterocycles. The molecule has 0 bridgehead atoms. The molecule has 0 heterocycles. The Morgan fingerprint density at radius 3 is 2.10 bits per heavy atom. The number of halogens is 1. The van der Waals surface area contributed by atoms with Crippen molar-refractivity contribution < 1.29 is 4.39 Å². The van der Waals surface area contributed by atoms with Crippen molar-refractivity contribution >= 4 is 11.8 Å². The summed E-state index contributed by atoms with van der Waals surface area (Å²) in [5.74, 6) is 0.357. The van der Waals surface area contributed by atoms with Gasteiger partial charge in [-0.3, -0.25) is 0 Å². The molecule has 0 aliphatic carbocycles. The summed E-state index contributed by atoms with van der Waals surface area (Å²) in [6.45, 7) is 6.36. The van der Waals surface area contributed by atoms with Crippen LogP contribution in [0.4, 0.5) is 4.39 Å². The van der Waals surface area contributed by atoms with Crippen molar-refractivity contribution in [1.82, 2.24) is 5.32 Å². The van der Waals surface area contributed by atoms with Crippen molar-refractivity contribution in [2.75, 3.05) is 7.05 Å². The molecule has 0 fully saturated rings. The monoisotopic (exact) mass is 303 g/mol. The lowest BCUT2D eigenvalue weighted by Gasteiger charge is -2.12. The first-order chi connectivity index (χ1) is 10.0. The molecule has 0 amide bonds. The topological polar surface area (TPSA) is 12.0 Å². The number of benzene rings is 2. The van der Waals surface area contributed by atoms with E-state index in [0.29, 0.717) is 10.8 Å². The first-order valence-corrected chi connectivity index (χ1v) is 8.07. The van der Waals surface area contributed by atoms with Crippen LogP contribution in [0.3, 0.4) is 0 Å². The summed E-state index contributed by atoms with van der Waals surface area (Å²) in [6.07, 6.45) is 0. The maximum atomic E-state index is 14.2. The molecule has 0 saturated carbocycles. The zero-order valence-electron chi connectivity index (χ0n) is 13.0. The molecule has 3 heteroatoms. The van der Waals surface area contributed by atoms with Gasteiger partial charge in [-0.2, -0.15) is 0 Å². The minimum absolute atomic E-state index is 0.156. The van der Waals surface area contributed by atoms with E-state index in [-0.39, 0.29) is 11.9 Å². The number of hydrogen-bond donors (Lipinski definition) is 1. The highest BCUT2D eigenvalue weighted by Crippen LogP contribution is 2.32. The molecule has 1 atom stereocenters. The SMILES string of the molecule is CNC(C)c1ccc(Sc2ccc(C(C)C)cc2)c(F)c1. The summed E-state index contributed by atoms with van der Waals surface area (Å²) >= 11 is 1.47. The third-order valence-corrected chi connectivity index (χ3v) is 4.72. The minimum atomic E-state index is -0.160. The van der Waals surface area contributed by atoms with Gasteiger partial charge in [-0.15, -0.1) is 0 Å². The largest absolute Gasteiger partial charge is 0.313 e. The quantitative estimate of drug-likeness (QED) is 0.795. The van der Waals surface area contributed by atoms with Crippen LogP contribution in [0.1, 0.15) is 43.9 Å². The first kappa shape index (κ1) is 16.1. The molecule has 0 spiro atoms. The first-order valence-electron chi connectivity index (χ1n) is 7.25. The van der Waals surface area contributed by atoms with Gasteiger partial charge in [0.2, 0.25) is 0 Å². The van der Waals surface area contributed by atoms with Crippen LogP contribution in [0.15, 0.2) is 52.3 Å². The summed E-state index contributed by atoms with van der Waals surface area (Å²) in [5.41, 5.74) is 2.27. The third kappa shape index (κ3) is 4.08. The van der Waals surface area contributed by atoms with Crippen LogP contribution in [0.5, 0.6) is 0 Å². The Hall–Kier alpha value is -1.32. The Labute approximate surface area is 131 Å². The second-order valence-electron chi connectivity index (χ2n) is 5.53. The summed E-state index contributed by atoms with van der Waals surface area (Å²) in [5, 5.41) is 3.12. The zero-order valence-corrected chi connectivity index (χ0v) is 13.8. The predicted octanol–water partition coefficient (Wildman–Crippen LogP) is 5.38. The zero-order chi connectivity index (χ0) is 15.4. The van der Waals surface area contributed by atoms with Gasteiger partial charge in [0.1, 0.15) is 5.82 Å². The van der Waals surface area contributed by atoms with Crippen LogP contribution in [0.25, 0.3) is 0 Å². The van der Waals surface area contributed by atoms with E-state index in [4.69, 9.17) is 0 Å². The maximum absolute atomic E-state index is 14.2. The van der Waals surface area contributed by atoms with Crippen LogP contribution in [0.2, 0.25) is 0 Å². The van der Waals surface area contributed by atoms with Gasteiger partial charge in [-0.25, -0.2) is 4.39 Å². The van der Waals surface area contributed by atoms with E-state index < -0.39 is 0 Å². The van der Waals surface area contributed by atoms with E-state index >= 15 is 0 Å². The van der Waals surface area contributed by atoms with Crippen LogP contribution in [-0.2, 0) is 0 Å². The van der Waals surface area contributed by atoms with Crippen LogP contribution in [0, 0.1) is 5.82 Å². The fourth-order valence-corrected chi connectivity index (χ4v) is 2.90. The highest BCUT2D eigenvalue weighted by molar-refractivity contribution is 7.99. The highest BCUT2D eigenvalue weighted by atomic mass is 32.2. The van der Waals surface area contributed by atoms with Gasteiger partial charge in [0.15, 0.2) is 0 Å². The molecule has 0 radical (unpaired) electrons. The molecule has 2 aromatic carbocycles. The smallest absolute Gasteiger partial charge is 0.137 e. The molecule has 1 N–H and O–H groups in total. The van der Waals surface area contributed by atoms with E-state index in [9.17, 15) is 4.39 Å². The van der Waals surface area contributed by atoms with E-state index in [0.717, 1.165) is 10.5 Å². The molecular formula is C18H22FNS. The maximum Gasteiger partial charge on any atom is 0.137 e. The number of hydrogen-bond acceptors (Lipinski definition) is 2. The molecule has 0 saturated heterocycles. The summed E-state index contributed by atoms with van der Waals surface area (Å²) in [7, 11) is 1.88. The van der Waals surface area contributed by atoms with Gasteiger partial charge >= 0.3 is 0 Å². The Morgan fingerprint density at radius 1 is 0.952 bits per heavy atom. The molecule has 21 heavy (non-hydrogen) atoms. The van der Waals surface area contributed by atoms with Crippen molar-refractivity contribution in [2.45, 2.75) is 42.5 Å². The van der Waals surface area contributed by atoms with Gasteiger partial charge < -0.3 is 5.32 Å². The average Bonchev–Trinajstić information content (AvgIpc) is 2.49. The number of rotatable bonds is 5. The lowest BCUT2D eigenvalue weighted by molar-refractivity contribution is 0.587. The van der Waals surface area contributed by atoms with Crippen molar-refractivity contribution in [3.63, 3.8) is 0 Å². The molecule has 2 aromatic rings. The lowest BCUT2D eigenvalue weighted by atomic mass is 10.0. The van der Waals surface area contributed by atoms with E-state index in [2.05, 4.69) is 43.4 Å². The molecule has 1 nitrogen and oxygen atoms in total. The Morgan fingerprint density at radius 2 is 1.57 bits per heavy atom. The minimum Gasteiger partial charge on any atom is -0.313 e. The van der Waals surface area contributed by atoms with Crippen LogP contribution < -0.4 is 5.32 Å². The molecular weight excluding hydrogens is 281 g/mol. The van der Waals surface area contributed by atoms with E-state index in [1.807, 2.05) is 26.1 Å². The van der Waals surface area contributed by atoms with Gasteiger partial charge in [-0.05, 0) is 55.3 Å². The van der Waals surface area contributed by atoms with Crippen molar-refractivity contribution in [2.24, 2.45) is 0 Å². The lowest BCUT2D eigenvalue weighted by Crippen LogP contribution is -2.12. The molecule has 0 aliphatic rings. The second-order valence-corrected chi connectivity index (χ2v) is 6.64. The second kappa shape index (κ2) is 7.10. The Balaban J connectivity index is 2.16. The van der Waals surface area contributed by atoms with Crippen molar-refractivity contribution in [3.05, 3.63) is 59.4 Å². The van der Waals surface area contributed by atoms with Crippen LogP contribution >= 0.6 is 11.8 Å². The summed E-state index contributed by atoms with van der Waals surface area (Å²) in [4.78, 5) is 1.73. The Bertz CT molecular complexity index is 593. The predicted molar refractivity (Wildman–Crippen MR) is 88.5 cm³/mol. The fraction of sp³-hybridized carbons (Fsp3) is 0.333. The standard InChI is InChI=1S/C18H22FNS/c1-12(2)14-5-8-16(9-6-14)21-18-10-7-15(11-17(18)19)13(3)20-4/h5-13,20H,1-4H3. The summed E-state index contributed by atoms with van der Waals surface area (Å²) in [6, 6.07) is 14.0. The third-order valence-electron chi connectivity index (χ3n) is 3.66. The fourth-order valence-electron chi connectivity index (χ4n) is 2.08. The number of nitrogens with one attached hydrogen (secondary N) is 1. The average molecular weight is 303 g/mol.